The first-order chi connectivity index (χ1) is 16.2. The van der Waals surface area contributed by atoms with Crippen LogP contribution in [0.2, 0.25) is 0 Å². The molecule has 9 heteroatoms. The lowest BCUT2D eigenvalue weighted by atomic mass is 10.3. The molecule has 1 aliphatic carbocycles. The molecule has 0 bridgehead atoms. The molecule has 0 saturated heterocycles. The molecule has 166 valence electrons. The highest BCUT2D eigenvalue weighted by Crippen LogP contribution is 2.40. The number of amides is 1. The van der Waals surface area contributed by atoms with E-state index in [1.807, 2.05) is 66.7 Å². The van der Waals surface area contributed by atoms with E-state index in [0.717, 1.165) is 35.3 Å². The van der Waals surface area contributed by atoms with Crippen LogP contribution in [0.3, 0.4) is 0 Å². The van der Waals surface area contributed by atoms with Crippen LogP contribution >= 0.6 is 11.8 Å². The number of thioether (sulfide) groups is 1. The van der Waals surface area contributed by atoms with Crippen molar-refractivity contribution in [3.63, 3.8) is 0 Å². The molecule has 0 atom stereocenters. The standard InChI is InChI=1S/C24H22N6O2S/c31-22(25-18-10-12-20(13-11-18)27-26-19-5-2-1-3-6-19)16-33-24-29-28-23(17-8-9-17)30(24)15-21-7-4-14-32-21/h1-7,10-14,17H,8-9,15-16H2,(H,25,31). The third-order valence-corrected chi connectivity index (χ3v) is 6.07. The lowest BCUT2D eigenvalue weighted by Gasteiger charge is -2.08. The molecule has 1 amide bonds. The second-order valence-electron chi connectivity index (χ2n) is 7.70. The van der Waals surface area contributed by atoms with Gasteiger partial charge in [-0.3, -0.25) is 9.36 Å². The zero-order chi connectivity index (χ0) is 22.5. The smallest absolute Gasteiger partial charge is 0.234 e. The highest BCUT2D eigenvalue weighted by atomic mass is 32.2. The minimum absolute atomic E-state index is 0.112. The second kappa shape index (κ2) is 9.83. The SMILES string of the molecule is O=C(CSc1nnc(C2CC2)n1Cc1ccco1)Nc1ccc(N=Nc2ccccc2)cc1. The highest BCUT2D eigenvalue weighted by Gasteiger charge is 2.30. The van der Waals surface area contributed by atoms with Crippen molar-refractivity contribution >= 4 is 34.7 Å². The zero-order valence-corrected chi connectivity index (χ0v) is 18.6. The fourth-order valence-corrected chi connectivity index (χ4v) is 4.05. The van der Waals surface area contributed by atoms with Crippen molar-refractivity contribution < 1.29 is 9.21 Å². The molecular formula is C24H22N6O2S. The van der Waals surface area contributed by atoms with Gasteiger partial charge < -0.3 is 9.73 Å². The normalized spacial score (nSPS) is 13.5. The van der Waals surface area contributed by atoms with Crippen molar-refractivity contribution in [1.82, 2.24) is 14.8 Å². The fourth-order valence-electron chi connectivity index (χ4n) is 3.31. The summed E-state index contributed by atoms with van der Waals surface area (Å²) in [7, 11) is 0. The molecule has 1 aliphatic rings. The number of anilines is 1. The molecule has 8 nitrogen and oxygen atoms in total. The Labute approximate surface area is 195 Å². The summed E-state index contributed by atoms with van der Waals surface area (Å²) in [5.41, 5.74) is 2.21. The number of azo groups is 1. The number of hydrogen-bond acceptors (Lipinski definition) is 7. The van der Waals surface area contributed by atoms with Crippen LogP contribution in [0.1, 0.15) is 30.3 Å². The van der Waals surface area contributed by atoms with Crippen LogP contribution in [0.15, 0.2) is 92.8 Å². The van der Waals surface area contributed by atoms with Crippen LogP contribution in [0.5, 0.6) is 0 Å². The lowest BCUT2D eigenvalue weighted by molar-refractivity contribution is -0.113. The molecule has 0 unspecified atom stereocenters. The number of furan rings is 1. The number of carbonyl (C=O) groups is 1. The van der Waals surface area contributed by atoms with Gasteiger partial charge in [0.05, 0.1) is 29.9 Å². The Morgan fingerprint density at radius 1 is 1.00 bits per heavy atom. The summed E-state index contributed by atoms with van der Waals surface area (Å²) in [5, 5.41) is 20.7. The highest BCUT2D eigenvalue weighted by molar-refractivity contribution is 7.99. The summed E-state index contributed by atoms with van der Waals surface area (Å²) in [4.78, 5) is 12.5. The van der Waals surface area contributed by atoms with E-state index in [1.165, 1.54) is 11.8 Å². The number of nitrogens with one attached hydrogen (secondary N) is 1. The van der Waals surface area contributed by atoms with Crippen LogP contribution in [-0.4, -0.2) is 26.4 Å². The minimum atomic E-state index is -0.112. The minimum Gasteiger partial charge on any atom is -0.467 e. The van der Waals surface area contributed by atoms with Gasteiger partial charge in [0.25, 0.3) is 0 Å². The summed E-state index contributed by atoms with van der Waals surface area (Å²) in [6.45, 7) is 0.564. The molecular weight excluding hydrogens is 436 g/mol. The molecule has 5 rings (SSSR count). The molecule has 4 aromatic rings. The summed E-state index contributed by atoms with van der Waals surface area (Å²) in [6, 6.07) is 20.6. The molecule has 1 fully saturated rings. The molecule has 1 saturated carbocycles. The summed E-state index contributed by atoms with van der Waals surface area (Å²) < 4.78 is 7.55. The van der Waals surface area contributed by atoms with Crippen LogP contribution < -0.4 is 5.32 Å². The van der Waals surface area contributed by atoms with Crippen molar-refractivity contribution in [3.8, 4) is 0 Å². The van der Waals surface area contributed by atoms with Gasteiger partial charge >= 0.3 is 0 Å². The predicted molar refractivity (Wildman–Crippen MR) is 126 cm³/mol. The van der Waals surface area contributed by atoms with E-state index >= 15 is 0 Å². The van der Waals surface area contributed by atoms with Crippen molar-refractivity contribution in [2.45, 2.75) is 30.5 Å². The van der Waals surface area contributed by atoms with Crippen LogP contribution in [0, 0.1) is 0 Å². The molecule has 0 aliphatic heterocycles. The average Bonchev–Trinajstić information content (AvgIpc) is 3.41. The van der Waals surface area contributed by atoms with E-state index in [4.69, 9.17) is 4.42 Å². The Balaban J connectivity index is 1.18. The molecule has 0 radical (unpaired) electrons. The molecule has 2 aromatic heterocycles. The third kappa shape index (κ3) is 5.56. The van der Waals surface area contributed by atoms with E-state index in [9.17, 15) is 4.79 Å². The van der Waals surface area contributed by atoms with Gasteiger partial charge in [-0.05, 0) is 61.4 Å². The van der Waals surface area contributed by atoms with Crippen LogP contribution in [0.25, 0.3) is 0 Å². The van der Waals surface area contributed by atoms with Gasteiger partial charge in [-0.1, -0.05) is 30.0 Å². The number of hydrogen-bond donors (Lipinski definition) is 1. The van der Waals surface area contributed by atoms with Gasteiger partial charge in [0.1, 0.15) is 11.6 Å². The van der Waals surface area contributed by atoms with Crippen molar-refractivity contribution in [1.29, 1.82) is 0 Å². The Hall–Kier alpha value is -3.72. The Morgan fingerprint density at radius 2 is 1.76 bits per heavy atom. The van der Waals surface area contributed by atoms with Crippen LogP contribution in [0.4, 0.5) is 17.1 Å². The molecule has 0 spiro atoms. The number of nitrogens with zero attached hydrogens (tertiary/aromatic N) is 5. The quantitative estimate of drug-likeness (QED) is 0.247. The van der Waals surface area contributed by atoms with Gasteiger partial charge in [-0.15, -0.1) is 10.2 Å². The van der Waals surface area contributed by atoms with Crippen LogP contribution in [-0.2, 0) is 11.3 Å². The van der Waals surface area contributed by atoms with Gasteiger partial charge in [-0.2, -0.15) is 10.2 Å². The fraction of sp³-hybridized carbons (Fsp3) is 0.208. The van der Waals surface area contributed by atoms with E-state index in [-0.39, 0.29) is 11.7 Å². The van der Waals surface area contributed by atoms with Crippen molar-refractivity contribution in [2.75, 3.05) is 11.1 Å². The maximum absolute atomic E-state index is 12.5. The summed E-state index contributed by atoms with van der Waals surface area (Å²) in [5.74, 6) is 2.38. The van der Waals surface area contributed by atoms with Gasteiger partial charge in [0.15, 0.2) is 5.16 Å². The number of benzene rings is 2. The van der Waals surface area contributed by atoms with E-state index in [2.05, 4.69) is 30.3 Å². The number of aromatic nitrogens is 3. The molecule has 33 heavy (non-hydrogen) atoms. The topological polar surface area (TPSA) is 97.7 Å². The first-order valence-corrected chi connectivity index (χ1v) is 11.7. The van der Waals surface area contributed by atoms with E-state index in [0.29, 0.717) is 23.8 Å². The lowest BCUT2D eigenvalue weighted by Crippen LogP contribution is -2.14. The maximum Gasteiger partial charge on any atom is 0.234 e. The van der Waals surface area contributed by atoms with Gasteiger partial charge in [0.2, 0.25) is 5.91 Å². The third-order valence-electron chi connectivity index (χ3n) is 5.10. The first kappa shape index (κ1) is 21.1. The molecule has 2 aromatic carbocycles. The first-order valence-electron chi connectivity index (χ1n) is 10.7. The Morgan fingerprint density at radius 3 is 2.45 bits per heavy atom. The Kier molecular flexibility index (Phi) is 6.30. The number of rotatable bonds is 9. The van der Waals surface area contributed by atoms with Crippen molar-refractivity contribution in [3.05, 3.63) is 84.6 Å². The summed E-state index contributed by atoms with van der Waals surface area (Å²) in [6.07, 6.45) is 3.91. The largest absolute Gasteiger partial charge is 0.467 e. The molecule has 1 N–H and O–H groups in total. The van der Waals surface area contributed by atoms with E-state index < -0.39 is 0 Å². The predicted octanol–water partition coefficient (Wildman–Crippen LogP) is 5.94. The summed E-state index contributed by atoms with van der Waals surface area (Å²) >= 11 is 1.37. The zero-order valence-electron chi connectivity index (χ0n) is 17.8. The van der Waals surface area contributed by atoms with Crippen molar-refractivity contribution in [2.24, 2.45) is 10.2 Å². The molecule has 2 heterocycles. The Bertz CT molecular complexity index is 1230. The second-order valence-corrected chi connectivity index (χ2v) is 8.64. The van der Waals surface area contributed by atoms with Gasteiger partial charge in [0, 0.05) is 11.6 Å². The monoisotopic (exact) mass is 458 g/mol. The number of carbonyl (C=O) groups excluding carboxylic acids is 1. The average molecular weight is 459 g/mol. The van der Waals surface area contributed by atoms with Gasteiger partial charge in [-0.25, -0.2) is 0 Å². The maximum atomic E-state index is 12.5. The van der Waals surface area contributed by atoms with E-state index in [1.54, 1.807) is 6.26 Å².